The molecule has 0 saturated carbocycles. The minimum atomic E-state index is -0.543. The second kappa shape index (κ2) is 8.00. The van der Waals surface area contributed by atoms with Crippen LogP contribution in [0.3, 0.4) is 0 Å². The maximum absolute atomic E-state index is 14.1. The van der Waals surface area contributed by atoms with Crippen molar-refractivity contribution in [3.8, 4) is 17.2 Å². The molecule has 0 spiro atoms. The largest absolute Gasteiger partial charge is 0.394 e. The van der Waals surface area contributed by atoms with Crippen LogP contribution in [0.15, 0.2) is 59.1 Å². The van der Waals surface area contributed by atoms with Crippen molar-refractivity contribution in [1.29, 1.82) is 5.26 Å². The quantitative estimate of drug-likeness (QED) is 0.501. The first kappa shape index (κ1) is 19.1. The molecule has 0 saturated heterocycles. The van der Waals surface area contributed by atoms with Crippen molar-refractivity contribution in [2.24, 2.45) is 0 Å². The van der Waals surface area contributed by atoms with E-state index in [2.05, 4.69) is 21.3 Å². The Morgan fingerprint density at radius 2 is 2.00 bits per heavy atom. The fraction of sp³-hybridized carbons (Fsp3) is 0.158. The molecule has 4 aromatic rings. The first-order chi connectivity index (χ1) is 14.1. The Hall–Kier alpha value is -3.26. The van der Waals surface area contributed by atoms with Gasteiger partial charge in [0.1, 0.15) is 11.1 Å². The number of pyridine rings is 2. The lowest BCUT2D eigenvalue weighted by Crippen LogP contribution is -2.17. The number of nitrogens with zero attached hydrogens (tertiary/aromatic N) is 6. The maximum atomic E-state index is 14.1. The van der Waals surface area contributed by atoms with Crippen LogP contribution in [0.2, 0.25) is 0 Å². The zero-order chi connectivity index (χ0) is 20.4. The smallest absolute Gasteiger partial charge is 0.155 e. The van der Waals surface area contributed by atoms with Crippen molar-refractivity contribution >= 4 is 17.3 Å². The van der Waals surface area contributed by atoms with Crippen LogP contribution in [-0.4, -0.2) is 47.8 Å². The van der Waals surface area contributed by atoms with Crippen LogP contribution in [0, 0.1) is 17.1 Å². The average molecular weight is 410 g/mol. The molecule has 2 N–H and O–H groups in total. The molecule has 10 heteroatoms. The lowest BCUT2D eigenvalue weighted by Gasteiger charge is -2.11. The predicted octanol–water partition coefficient (Wildman–Crippen LogP) is 2.28. The van der Waals surface area contributed by atoms with Crippen molar-refractivity contribution in [2.75, 3.05) is 13.2 Å². The molecular weight excluding hydrogens is 395 g/mol. The molecule has 4 rings (SSSR count). The highest BCUT2D eigenvalue weighted by Gasteiger charge is 2.17. The number of rotatable bonds is 6. The molecule has 4 aromatic heterocycles. The zero-order valence-electron chi connectivity index (χ0n) is 15.0. The van der Waals surface area contributed by atoms with Gasteiger partial charge in [0.15, 0.2) is 5.82 Å². The molecule has 0 aliphatic rings. The summed E-state index contributed by atoms with van der Waals surface area (Å²) in [6.45, 7) is -0.497. The molecule has 0 bridgehead atoms. The van der Waals surface area contributed by atoms with Crippen LogP contribution in [-0.2, 0) is 0 Å². The topological polar surface area (TPSA) is 112 Å². The highest BCUT2D eigenvalue weighted by Crippen LogP contribution is 2.35. The molecule has 0 aromatic carbocycles. The highest BCUT2D eigenvalue weighted by molar-refractivity contribution is 7.99. The van der Waals surface area contributed by atoms with E-state index < -0.39 is 11.9 Å². The van der Waals surface area contributed by atoms with Gasteiger partial charge in [0.05, 0.1) is 42.7 Å². The van der Waals surface area contributed by atoms with Crippen molar-refractivity contribution in [3.63, 3.8) is 0 Å². The van der Waals surface area contributed by atoms with E-state index in [4.69, 9.17) is 0 Å². The maximum Gasteiger partial charge on any atom is 0.155 e. The molecule has 146 valence electrons. The number of aromatic nitrogens is 5. The van der Waals surface area contributed by atoms with E-state index >= 15 is 0 Å². The van der Waals surface area contributed by atoms with Gasteiger partial charge in [-0.3, -0.25) is 4.68 Å². The summed E-state index contributed by atoms with van der Waals surface area (Å²) in [5.41, 5.74) is 2.37. The van der Waals surface area contributed by atoms with Gasteiger partial charge < -0.3 is 10.2 Å². The normalized spacial score (nSPS) is 11.3. The predicted molar refractivity (Wildman–Crippen MR) is 103 cm³/mol. The zero-order valence-corrected chi connectivity index (χ0v) is 15.8. The number of aliphatic hydroxyl groups is 2. The van der Waals surface area contributed by atoms with Crippen molar-refractivity contribution < 1.29 is 14.6 Å². The third-order valence-corrected chi connectivity index (χ3v) is 5.38. The van der Waals surface area contributed by atoms with Crippen LogP contribution in [0.25, 0.3) is 16.6 Å². The molecule has 8 nitrogen and oxygen atoms in total. The second-order valence-electron chi connectivity index (χ2n) is 6.18. The molecule has 0 aliphatic carbocycles. The molecule has 4 heterocycles. The van der Waals surface area contributed by atoms with Crippen LogP contribution in [0.1, 0.15) is 11.6 Å². The summed E-state index contributed by atoms with van der Waals surface area (Å²) in [4.78, 5) is 4.69. The third-order valence-electron chi connectivity index (χ3n) is 4.36. The van der Waals surface area contributed by atoms with Crippen molar-refractivity contribution in [3.05, 3.63) is 60.6 Å². The van der Waals surface area contributed by atoms with Crippen LogP contribution in [0.4, 0.5) is 4.39 Å². The summed E-state index contributed by atoms with van der Waals surface area (Å²) in [5, 5.41) is 36.7. The van der Waals surface area contributed by atoms with Gasteiger partial charge in [-0.1, -0.05) is 11.8 Å². The molecule has 29 heavy (non-hydrogen) atoms. The second-order valence-corrected chi connectivity index (χ2v) is 7.21. The molecular formula is C19H15FN6O2S. The van der Waals surface area contributed by atoms with Gasteiger partial charge in [-0.05, 0) is 18.2 Å². The fourth-order valence-corrected chi connectivity index (χ4v) is 3.84. The number of aliphatic hydroxyl groups excluding tert-OH is 2. The van der Waals surface area contributed by atoms with Gasteiger partial charge in [-0.25, -0.2) is 13.9 Å². The molecule has 0 radical (unpaired) electrons. The Morgan fingerprint density at radius 3 is 2.72 bits per heavy atom. The van der Waals surface area contributed by atoms with Gasteiger partial charge in [-0.15, -0.1) is 0 Å². The standard InChI is InChI=1S/C19H15FN6O2S/c20-16-2-1-3-22-19(16)29-17-4-12(8-26-18(17)13(5-21)6-24-26)14-7-23-25(9-14)15(10-27)11-28/h1-4,6-9,15,27-28H,10-11H2. The van der Waals surface area contributed by atoms with E-state index in [9.17, 15) is 19.9 Å². The summed E-state index contributed by atoms with van der Waals surface area (Å²) in [7, 11) is 0. The number of nitriles is 1. The lowest BCUT2D eigenvalue weighted by atomic mass is 10.1. The van der Waals surface area contributed by atoms with Crippen LogP contribution < -0.4 is 0 Å². The molecule has 0 fully saturated rings. The first-order valence-corrected chi connectivity index (χ1v) is 9.42. The van der Waals surface area contributed by atoms with Crippen LogP contribution in [0.5, 0.6) is 0 Å². The van der Waals surface area contributed by atoms with Crippen LogP contribution >= 0.6 is 11.8 Å². The SMILES string of the molecule is N#Cc1cnn2cc(-c3cnn(C(CO)CO)c3)cc(Sc3ncccc3F)c12. The molecule has 0 atom stereocenters. The van der Waals surface area contributed by atoms with E-state index in [1.54, 1.807) is 23.1 Å². The van der Waals surface area contributed by atoms with E-state index in [1.165, 1.54) is 29.2 Å². The fourth-order valence-electron chi connectivity index (χ4n) is 2.86. The van der Waals surface area contributed by atoms with Crippen molar-refractivity contribution in [1.82, 2.24) is 24.4 Å². The molecule has 0 amide bonds. The number of fused-ring (bicyclic) bond motifs is 1. The van der Waals surface area contributed by atoms with Gasteiger partial charge in [0.2, 0.25) is 0 Å². The number of hydrogen-bond acceptors (Lipinski definition) is 7. The monoisotopic (exact) mass is 410 g/mol. The molecule has 0 aliphatic heterocycles. The summed E-state index contributed by atoms with van der Waals surface area (Å²) in [6.07, 6.45) is 7.99. The Kier molecular flexibility index (Phi) is 5.26. The van der Waals surface area contributed by atoms with E-state index in [0.717, 1.165) is 22.9 Å². The lowest BCUT2D eigenvalue weighted by molar-refractivity contribution is 0.146. The summed E-state index contributed by atoms with van der Waals surface area (Å²) in [6, 6.07) is 6.21. The first-order valence-electron chi connectivity index (χ1n) is 8.60. The average Bonchev–Trinajstić information content (AvgIpc) is 3.38. The van der Waals surface area contributed by atoms with Gasteiger partial charge in [-0.2, -0.15) is 15.5 Å². The number of hydrogen-bond donors (Lipinski definition) is 2. The highest BCUT2D eigenvalue weighted by atomic mass is 32.2. The summed E-state index contributed by atoms with van der Waals surface area (Å²) < 4.78 is 17.2. The Balaban J connectivity index is 1.83. The van der Waals surface area contributed by atoms with E-state index in [-0.39, 0.29) is 18.2 Å². The third kappa shape index (κ3) is 3.58. The summed E-state index contributed by atoms with van der Waals surface area (Å²) >= 11 is 1.10. The minimum absolute atomic E-state index is 0.188. The van der Waals surface area contributed by atoms with E-state index in [1.807, 2.05) is 6.07 Å². The van der Waals surface area contributed by atoms with Crippen molar-refractivity contribution in [2.45, 2.75) is 16.0 Å². The minimum Gasteiger partial charge on any atom is -0.394 e. The Labute approximate surface area is 168 Å². The Morgan fingerprint density at radius 1 is 1.17 bits per heavy atom. The molecule has 0 unspecified atom stereocenters. The van der Waals surface area contributed by atoms with Gasteiger partial charge in [0.25, 0.3) is 0 Å². The Bertz CT molecular complexity index is 1210. The number of halogens is 1. The van der Waals surface area contributed by atoms with Gasteiger partial charge >= 0.3 is 0 Å². The summed E-state index contributed by atoms with van der Waals surface area (Å²) in [5.74, 6) is -0.458. The van der Waals surface area contributed by atoms with E-state index in [0.29, 0.717) is 16.0 Å². The van der Waals surface area contributed by atoms with Gasteiger partial charge in [0, 0.05) is 34.6 Å².